The highest BCUT2D eigenvalue weighted by Crippen LogP contribution is 2.33. The van der Waals surface area contributed by atoms with E-state index in [0.29, 0.717) is 39.1 Å². The number of pyridine rings is 1. The molecule has 36 heavy (non-hydrogen) atoms. The molecule has 9 nitrogen and oxygen atoms in total. The molecule has 2 N–H and O–H groups in total. The smallest absolute Gasteiger partial charge is 0.296 e. The summed E-state index contributed by atoms with van der Waals surface area (Å²) in [5.74, 6) is 0. The molecule has 0 radical (unpaired) electrons. The van der Waals surface area contributed by atoms with Gasteiger partial charge >= 0.3 is 0 Å². The van der Waals surface area contributed by atoms with Gasteiger partial charge < -0.3 is 19.3 Å². The van der Waals surface area contributed by atoms with Gasteiger partial charge in [0.15, 0.2) is 11.8 Å². The number of aliphatic hydroxyl groups is 1. The normalized spacial score (nSPS) is 25.0. The van der Waals surface area contributed by atoms with Gasteiger partial charge in [-0.25, -0.2) is 9.19 Å². The van der Waals surface area contributed by atoms with Gasteiger partial charge in [0.2, 0.25) is 0 Å². The average Bonchev–Trinajstić information content (AvgIpc) is 3.56. The molecule has 6 rings (SSSR count). The molecule has 2 aromatic carbocycles. The van der Waals surface area contributed by atoms with Crippen LogP contribution in [0.25, 0.3) is 22.4 Å². The summed E-state index contributed by atoms with van der Waals surface area (Å²) in [6, 6.07) is 18.4. The third-order valence-electron chi connectivity index (χ3n) is 6.25. The SMILES string of the molecule is C[S@@](=O)(=Nc1ccc(-c2nc3[nH]c(O[C@@H]4CO[C@H]5[C@@H]4OC[C@H]5O)nc3cc2Cl)cc1)c1ccccc1. The van der Waals surface area contributed by atoms with Crippen LogP contribution in [0.1, 0.15) is 0 Å². The van der Waals surface area contributed by atoms with Gasteiger partial charge in [0, 0.05) is 16.7 Å². The van der Waals surface area contributed by atoms with Crippen LogP contribution in [0.3, 0.4) is 0 Å². The molecular weight excluding hydrogens is 504 g/mol. The zero-order chi connectivity index (χ0) is 24.9. The number of fused-ring (bicyclic) bond motifs is 2. The molecular formula is C25H23ClN4O5S. The van der Waals surface area contributed by atoms with Crippen LogP contribution in [0.5, 0.6) is 6.01 Å². The summed E-state index contributed by atoms with van der Waals surface area (Å²) in [6.07, 6.45) is -0.141. The van der Waals surface area contributed by atoms with Crippen molar-refractivity contribution in [1.29, 1.82) is 0 Å². The van der Waals surface area contributed by atoms with Crippen molar-refractivity contribution in [3.63, 3.8) is 0 Å². The molecule has 2 aliphatic rings. The molecule has 4 heterocycles. The summed E-state index contributed by atoms with van der Waals surface area (Å²) >= 11 is 6.54. The van der Waals surface area contributed by atoms with Gasteiger partial charge in [-0.3, -0.25) is 4.98 Å². The van der Waals surface area contributed by atoms with Crippen LogP contribution in [-0.4, -0.2) is 68.2 Å². The van der Waals surface area contributed by atoms with E-state index in [2.05, 4.69) is 19.3 Å². The lowest BCUT2D eigenvalue weighted by Gasteiger charge is -2.15. The van der Waals surface area contributed by atoms with Gasteiger partial charge in [-0.2, -0.15) is 9.35 Å². The van der Waals surface area contributed by atoms with E-state index in [4.69, 9.17) is 25.8 Å². The second-order valence-electron chi connectivity index (χ2n) is 8.80. The Kier molecular flexibility index (Phi) is 5.93. The number of rotatable bonds is 5. The molecule has 5 atom stereocenters. The lowest BCUT2D eigenvalue weighted by atomic mass is 10.1. The highest BCUT2D eigenvalue weighted by atomic mass is 35.5. The van der Waals surface area contributed by atoms with E-state index >= 15 is 0 Å². The fourth-order valence-electron chi connectivity index (χ4n) is 4.45. The number of aliphatic hydroxyl groups excluding tert-OH is 1. The predicted molar refractivity (Wildman–Crippen MR) is 135 cm³/mol. The highest BCUT2D eigenvalue weighted by Gasteiger charge is 2.48. The fraction of sp³-hybridized carbons (Fsp3) is 0.280. The van der Waals surface area contributed by atoms with E-state index in [9.17, 15) is 9.32 Å². The maximum absolute atomic E-state index is 13.1. The number of nitrogens with zero attached hydrogens (tertiary/aromatic N) is 3. The van der Waals surface area contributed by atoms with Crippen molar-refractivity contribution in [2.24, 2.45) is 4.36 Å². The molecule has 2 aromatic heterocycles. The number of benzene rings is 2. The summed E-state index contributed by atoms with van der Waals surface area (Å²) in [7, 11) is -2.57. The Morgan fingerprint density at radius 2 is 1.83 bits per heavy atom. The number of H-pyrrole nitrogens is 1. The predicted octanol–water partition coefficient (Wildman–Crippen LogP) is 3.97. The summed E-state index contributed by atoms with van der Waals surface area (Å²) in [5.41, 5.74) is 3.02. The molecule has 0 bridgehead atoms. The van der Waals surface area contributed by atoms with Crippen molar-refractivity contribution in [3.8, 4) is 17.3 Å². The molecule has 0 amide bonds. The quantitative estimate of drug-likeness (QED) is 0.404. The molecule has 4 aromatic rings. The standard InChI is InChI=1S/C25H23ClN4O5S/c1-36(32,16-5-3-2-4-6-16)30-15-9-7-14(8-10-15)21-17(26)11-18-24(28-21)29-25(27-18)35-20-13-34-22-19(31)12-33-23(20)22/h2-11,19-20,22-23,31H,12-13H2,1H3,(H,27,28,29)/t19-,20-,22-,23-,36+/m1/s1. The van der Waals surface area contributed by atoms with Crippen LogP contribution in [0.2, 0.25) is 5.02 Å². The highest BCUT2D eigenvalue weighted by molar-refractivity contribution is 7.93. The minimum atomic E-state index is -2.57. The molecule has 186 valence electrons. The largest absolute Gasteiger partial charge is 0.456 e. The summed E-state index contributed by atoms with van der Waals surface area (Å²) < 4.78 is 34.7. The van der Waals surface area contributed by atoms with Gasteiger partial charge in [-0.05, 0) is 30.3 Å². The van der Waals surface area contributed by atoms with Gasteiger partial charge in [-0.1, -0.05) is 41.9 Å². The Morgan fingerprint density at radius 1 is 1.08 bits per heavy atom. The van der Waals surface area contributed by atoms with E-state index in [-0.39, 0.29) is 30.9 Å². The lowest BCUT2D eigenvalue weighted by Crippen LogP contribution is -2.34. The molecule has 11 heteroatoms. The lowest BCUT2D eigenvalue weighted by molar-refractivity contribution is 0.00706. The Morgan fingerprint density at radius 3 is 2.61 bits per heavy atom. The first-order valence-electron chi connectivity index (χ1n) is 11.4. The van der Waals surface area contributed by atoms with Crippen molar-refractivity contribution in [1.82, 2.24) is 15.0 Å². The van der Waals surface area contributed by atoms with Crippen LogP contribution < -0.4 is 4.74 Å². The summed E-state index contributed by atoms with van der Waals surface area (Å²) in [5, 5.41) is 10.3. The average molecular weight is 527 g/mol. The van der Waals surface area contributed by atoms with E-state index in [0.717, 1.165) is 5.56 Å². The number of imidazole rings is 1. The second-order valence-corrected chi connectivity index (χ2v) is 11.5. The Labute approximate surface area is 212 Å². The van der Waals surface area contributed by atoms with Crippen molar-refractivity contribution in [2.75, 3.05) is 19.5 Å². The number of nitrogens with one attached hydrogen (secondary N) is 1. The molecule has 0 unspecified atom stereocenters. The number of hydrogen-bond acceptors (Lipinski definition) is 8. The third-order valence-corrected chi connectivity index (χ3v) is 8.24. The molecule has 2 fully saturated rings. The van der Waals surface area contributed by atoms with Crippen LogP contribution in [0.4, 0.5) is 5.69 Å². The van der Waals surface area contributed by atoms with Crippen molar-refractivity contribution >= 4 is 38.2 Å². The van der Waals surface area contributed by atoms with Crippen molar-refractivity contribution in [2.45, 2.75) is 29.3 Å². The molecule has 0 spiro atoms. The first-order chi connectivity index (χ1) is 17.4. The Hall–Kier alpha value is -3.02. The van der Waals surface area contributed by atoms with Crippen molar-refractivity contribution in [3.05, 3.63) is 65.7 Å². The molecule has 0 aliphatic carbocycles. The van der Waals surface area contributed by atoms with Gasteiger partial charge in [0.05, 0.1) is 39.3 Å². The monoisotopic (exact) mass is 526 g/mol. The minimum absolute atomic E-state index is 0.226. The van der Waals surface area contributed by atoms with E-state index < -0.39 is 15.8 Å². The van der Waals surface area contributed by atoms with Crippen molar-refractivity contribution < 1.29 is 23.5 Å². The summed E-state index contributed by atoms with van der Waals surface area (Å²) in [6.45, 7) is 0.526. The zero-order valence-electron chi connectivity index (χ0n) is 19.2. The molecule has 2 saturated heterocycles. The second kappa shape index (κ2) is 9.13. The van der Waals surface area contributed by atoms with Crippen LogP contribution in [-0.2, 0) is 19.2 Å². The maximum Gasteiger partial charge on any atom is 0.296 e. The van der Waals surface area contributed by atoms with Crippen LogP contribution in [0.15, 0.2) is 69.9 Å². The van der Waals surface area contributed by atoms with Crippen LogP contribution >= 0.6 is 11.6 Å². The fourth-order valence-corrected chi connectivity index (χ4v) is 5.99. The minimum Gasteiger partial charge on any atom is -0.456 e. The Balaban J connectivity index is 1.24. The zero-order valence-corrected chi connectivity index (χ0v) is 20.8. The molecule has 0 saturated carbocycles. The van der Waals surface area contributed by atoms with Gasteiger partial charge in [0.25, 0.3) is 6.01 Å². The number of ether oxygens (including phenoxy) is 3. The topological polar surface area (TPSA) is 119 Å². The number of aromatic nitrogens is 3. The number of aromatic amines is 1. The van der Waals surface area contributed by atoms with E-state index in [1.54, 1.807) is 24.5 Å². The molecule has 2 aliphatic heterocycles. The van der Waals surface area contributed by atoms with Crippen LogP contribution in [0, 0.1) is 0 Å². The third kappa shape index (κ3) is 4.35. The number of hydrogen-bond donors (Lipinski definition) is 2. The maximum atomic E-state index is 13.1. The van der Waals surface area contributed by atoms with Gasteiger partial charge in [-0.15, -0.1) is 0 Å². The first kappa shape index (κ1) is 23.4. The van der Waals surface area contributed by atoms with E-state index in [1.807, 2.05) is 42.5 Å². The van der Waals surface area contributed by atoms with E-state index in [1.165, 1.54) is 0 Å². The number of halogens is 1. The summed E-state index contributed by atoms with van der Waals surface area (Å²) in [4.78, 5) is 12.8. The Bertz CT molecular complexity index is 1540. The first-order valence-corrected chi connectivity index (χ1v) is 13.7. The van der Waals surface area contributed by atoms with Gasteiger partial charge in [0.1, 0.15) is 23.8 Å².